The second kappa shape index (κ2) is 36.0. The molecule has 0 aliphatic carbocycles. The Morgan fingerprint density at radius 1 is 0.467 bits per heavy atom. The molecule has 0 bridgehead atoms. The minimum absolute atomic E-state index is 0.0129. The first-order valence-electron chi connectivity index (χ1n) is 25.8. The third kappa shape index (κ3) is 22.2. The number of Topliss-reactive ketones (excluding diaryl/α,β-unsaturated/α-hetero) is 2. The summed E-state index contributed by atoms with van der Waals surface area (Å²) in [5.74, 6) is -5.26. The molecule has 0 fully saturated rings. The normalized spacial score (nSPS) is 10.7. The van der Waals surface area contributed by atoms with Gasteiger partial charge in [0, 0.05) is 97.6 Å². The summed E-state index contributed by atoms with van der Waals surface area (Å²) >= 11 is 5.22. The number of methoxy groups -OCH3 is 3. The number of ether oxygens (including phenoxy) is 4. The highest BCUT2D eigenvalue weighted by molar-refractivity contribution is 6.68. The number of aliphatic hydroxyl groups excluding tert-OH is 1. The lowest BCUT2D eigenvalue weighted by molar-refractivity contribution is -0.385. The summed E-state index contributed by atoms with van der Waals surface area (Å²) in [6, 6.07) is 26.4. The predicted molar refractivity (Wildman–Crippen MR) is 323 cm³/mol. The SMILES string of the molecule is COC(=O)C(=O)c1cccc([N+](=O)[O-])c1C.COC(=O)[C@@H](O)c1cccc([N+](=O)[O-])c1C.COC(=O)[C@@H](OC(C)(C)C)c1cccc([N+](=O)[O-])c1C.Cc1c(C(=O)C#N)cccc1[N+](=O)[O-].Cc1c(C(=O)Cl)cccc1[N+](=O)[O-].Cc1c(C(=O)O)cccc1[N+](=O)[O-]. The summed E-state index contributed by atoms with van der Waals surface area (Å²) in [7, 11) is 3.47. The third-order valence-corrected chi connectivity index (χ3v) is 12.6. The Morgan fingerprint density at radius 2 is 0.772 bits per heavy atom. The number of carbonyl (C=O) groups is 7. The largest absolute Gasteiger partial charge is 0.478 e. The molecule has 0 aromatic heterocycles. The Hall–Kier alpha value is -11.7. The van der Waals surface area contributed by atoms with E-state index >= 15 is 0 Å². The van der Waals surface area contributed by atoms with Crippen molar-refractivity contribution in [2.45, 2.75) is 80.1 Å². The van der Waals surface area contributed by atoms with E-state index in [0.29, 0.717) is 16.7 Å². The van der Waals surface area contributed by atoms with E-state index in [-0.39, 0.29) is 84.2 Å². The van der Waals surface area contributed by atoms with Gasteiger partial charge in [-0.25, -0.2) is 19.2 Å². The Bertz CT molecular complexity index is 3760. The highest BCUT2D eigenvalue weighted by Gasteiger charge is 2.32. The van der Waals surface area contributed by atoms with E-state index in [0.717, 1.165) is 14.2 Å². The van der Waals surface area contributed by atoms with Gasteiger partial charge in [0.2, 0.25) is 0 Å². The lowest BCUT2D eigenvalue weighted by Crippen LogP contribution is -2.28. The number of esters is 3. The smallest absolute Gasteiger partial charge is 0.379 e. The van der Waals surface area contributed by atoms with Crippen LogP contribution in [-0.2, 0) is 33.3 Å². The number of rotatable bonds is 16. The molecule has 6 aromatic rings. The molecular formula is C59H58ClN7O25. The fraction of sp³-hybridized carbons (Fsp3) is 0.254. The van der Waals surface area contributed by atoms with Gasteiger partial charge in [-0.1, -0.05) is 54.6 Å². The number of halogens is 1. The zero-order valence-corrected chi connectivity index (χ0v) is 51.6. The van der Waals surface area contributed by atoms with Crippen molar-refractivity contribution < 1.29 is 92.3 Å². The number of carbonyl (C=O) groups excluding carboxylic acids is 6. The lowest BCUT2D eigenvalue weighted by Gasteiger charge is -2.26. The molecule has 33 heteroatoms. The van der Waals surface area contributed by atoms with Gasteiger partial charge in [-0.15, -0.1) is 0 Å². The topological polar surface area (TPSA) is 479 Å². The summed E-state index contributed by atoms with van der Waals surface area (Å²) in [6.07, 6.45) is -2.48. The van der Waals surface area contributed by atoms with E-state index in [1.54, 1.807) is 33.8 Å². The van der Waals surface area contributed by atoms with Crippen LogP contribution in [0, 0.1) is 114 Å². The Kier molecular flexibility index (Phi) is 30.6. The summed E-state index contributed by atoms with van der Waals surface area (Å²) in [6.45, 7) is 14.2. The van der Waals surface area contributed by atoms with Crippen molar-refractivity contribution in [2.75, 3.05) is 21.3 Å². The highest BCUT2D eigenvalue weighted by atomic mass is 35.5. The van der Waals surface area contributed by atoms with Crippen LogP contribution in [0.1, 0.15) is 119 Å². The molecule has 0 aliphatic heterocycles. The van der Waals surface area contributed by atoms with Crippen molar-refractivity contribution in [3.8, 4) is 6.07 Å². The molecular weight excluding hydrogens is 1240 g/mol. The number of nitro benzene ring substituents is 6. The second-order valence-electron chi connectivity index (χ2n) is 19.2. The van der Waals surface area contributed by atoms with Gasteiger partial charge < -0.3 is 29.2 Å². The molecule has 0 aliphatic rings. The zero-order chi connectivity index (χ0) is 70.8. The highest BCUT2D eigenvalue weighted by Crippen LogP contribution is 2.33. The monoisotopic (exact) mass is 1300 g/mol. The predicted octanol–water partition coefficient (Wildman–Crippen LogP) is 10.8. The zero-order valence-electron chi connectivity index (χ0n) is 50.8. The molecule has 2 atom stereocenters. The van der Waals surface area contributed by atoms with Gasteiger partial charge in [-0.3, -0.25) is 75.1 Å². The van der Waals surface area contributed by atoms with E-state index in [1.807, 2.05) is 0 Å². The van der Waals surface area contributed by atoms with Crippen LogP contribution in [0.5, 0.6) is 0 Å². The maximum absolute atomic E-state index is 11.9. The molecule has 32 nitrogen and oxygen atoms in total. The van der Waals surface area contributed by atoms with E-state index in [9.17, 15) is 99.4 Å². The number of nitriles is 1. The van der Waals surface area contributed by atoms with E-state index < -0.39 is 88.0 Å². The van der Waals surface area contributed by atoms with Gasteiger partial charge in [0.15, 0.2) is 12.2 Å². The molecule has 6 aromatic carbocycles. The van der Waals surface area contributed by atoms with Crippen LogP contribution in [0.4, 0.5) is 34.1 Å². The molecule has 6 rings (SSSR count). The molecule has 0 heterocycles. The molecule has 0 radical (unpaired) electrons. The Labute approximate surface area is 526 Å². The number of hydrogen-bond donors (Lipinski definition) is 2. The van der Waals surface area contributed by atoms with Gasteiger partial charge >= 0.3 is 23.9 Å². The standard InChI is InChI=1S/C14H19NO5.C10H11NO5.C10H9NO5.C9H6N2O3.C8H6ClNO3.C8H7NO4/c1-9-10(7-6-8-11(9)15(17)18)12(13(16)19-5)20-14(2,3)4;2*1-6-7(9(12)10(13)16-2)4-3-5-8(6)11(14)15;1-6-7(9(12)5-10)3-2-4-8(6)11(13)14;1-5-6(8(9)11)3-2-4-7(5)10(12)13;1-5-6(8(10)11)3-2-4-7(5)9(12)13/h6-8,12H,1-5H3;3-5,9,12H,1-2H3;3-5H,1-2H3;2-4H,1H3;2-4H,1H3;2-4H,1H3,(H,10,11)/t12-;9-;;;;/m00..../s1. The number of hydrogen-bond acceptors (Lipinski definition) is 25. The number of aliphatic hydroxyl groups is 1. The van der Waals surface area contributed by atoms with Crippen LogP contribution in [0.25, 0.3) is 0 Å². The molecule has 0 saturated carbocycles. The first-order chi connectivity index (χ1) is 42.8. The second-order valence-corrected chi connectivity index (χ2v) is 19.6. The average molecular weight is 1300 g/mol. The van der Waals surface area contributed by atoms with E-state index in [2.05, 4.69) is 9.47 Å². The molecule has 0 amide bonds. The summed E-state index contributed by atoms with van der Waals surface area (Å²) < 4.78 is 19.1. The third-order valence-electron chi connectivity index (χ3n) is 12.4. The number of carboxylic acid groups (broad SMARTS) is 1. The number of ketones is 2. The van der Waals surface area contributed by atoms with Crippen molar-refractivity contribution in [3.05, 3.63) is 237 Å². The quantitative estimate of drug-likeness (QED) is 0.0133. The molecule has 0 unspecified atom stereocenters. The van der Waals surface area contributed by atoms with Crippen LogP contribution in [0.2, 0.25) is 0 Å². The van der Waals surface area contributed by atoms with E-state index in [4.69, 9.17) is 31.4 Å². The van der Waals surface area contributed by atoms with Gasteiger partial charge in [0.25, 0.3) is 50.9 Å². The molecule has 2 N–H and O–H groups in total. The van der Waals surface area contributed by atoms with Crippen LogP contribution in [-0.4, -0.2) is 107 Å². The average Bonchev–Trinajstić information content (AvgIpc) is 0.897. The van der Waals surface area contributed by atoms with Gasteiger partial charge in [0.05, 0.1) is 62.0 Å². The summed E-state index contributed by atoms with van der Waals surface area (Å²) in [5, 5.41) is 89.5. The fourth-order valence-corrected chi connectivity index (χ4v) is 7.88. The van der Waals surface area contributed by atoms with Gasteiger partial charge in [-0.05, 0) is 92.1 Å². The lowest BCUT2D eigenvalue weighted by atomic mass is 10.0. The number of nitrogens with zero attached hydrogens (tertiary/aromatic N) is 7. The molecule has 0 saturated heterocycles. The number of benzene rings is 6. The minimum Gasteiger partial charge on any atom is -0.478 e. The van der Waals surface area contributed by atoms with Crippen molar-refractivity contribution in [1.82, 2.24) is 0 Å². The first-order valence-corrected chi connectivity index (χ1v) is 26.1. The number of carboxylic acids is 1. The van der Waals surface area contributed by atoms with Crippen LogP contribution < -0.4 is 0 Å². The van der Waals surface area contributed by atoms with Gasteiger partial charge in [-0.2, -0.15) is 5.26 Å². The van der Waals surface area contributed by atoms with Crippen LogP contribution in [0.15, 0.2) is 109 Å². The maximum Gasteiger partial charge on any atom is 0.379 e. The number of aromatic carboxylic acids is 1. The molecule has 0 spiro atoms. The number of nitro groups is 6. The van der Waals surface area contributed by atoms with Crippen molar-refractivity contribution in [3.63, 3.8) is 0 Å². The van der Waals surface area contributed by atoms with E-state index in [1.165, 1.54) is 151 Å². The first kappa shape index (κ1) is 78.3. The van der Waals surface area contributed by atoms with Crippen molar-refractivity contribution >= 4 is 86.4 Å². The van der Waals surface area contributed by atoms with Crippen LogP contribution >= 0.6 is 11.6 Å². The molecule has 486 valence electrons. The van der Waals surface area contributed by atoms with Crippen LogP contribution in [0.3, 0.4) is 0 Å². The molecule has 92 heavy (non-hydrogen) atoms. The minimum atomic E-state index is -1.50. The maximum atomic E-state index is 11.9. The van der Waals surface area contributed by atoms with Crippen molar-refractivity contribution in [2.24, 2.45) is 0 Å². The summed E-state index contributed by atoms with van der Waals surface area (Å²) in [5.41, 5.74) is 0.981. The van der Waals surface area contributed by atoms with Crippen molar-refractivity contribution in [1.29, 1.82) is 5.26 Å². The fourth-order valence-electron chi connectivity index (χ4n) is 7.68. The van der Waals surface area contributed by atoms with Gasteiger partial charge in [0.1, 0.15) is 6.07 Å². The Balaban J connectivity index is 0.000000555. The Morgan fingerprint density at radius 3 is 1.11 bits per heavy atom. The summed E-state index contributed by atoms with van der Waals surface area (Å²) in [4.78, 5) is 138.